The van der Waals surface area contributed by atoms with Crippen molar-refractivity contribution in [2.24, 2.45) is 0 Å². The number of aryl methyl sites for hydroxylation is 1. The van der Waals surface area contributed by atoms with Gasteiger partial charge in [-0.3, -0.25) is 0 Å². The first-order valence-electron chi connectivity index (χ1n) is 7.28. The van der Waals surface area contributed by atoms with Crippen molar-refractivity contribution in [3.63, 3.8) is 0 Å². The normalized spacial score (nSPS) is 15.1. The number of nitrogens with zero attached hydrogens (tertiary/aromatic N) is 1. The summed E-state index contributed by atoms with van der Waals surface area (Å²) in [5, 5.41) is 4.23. The molecule has 0 unspecified atom stereocenters. The predicted octanol–water partition coefficient (Wildman–Crippen LogP) is 3.07. The van der Waals surface area contributed by atoms with Gasteiger partial charge < -0.3 is 14.6 Å². The summed E-state index contributed by atoms with van der Waals surface area (Å²) in [4.78, 5) is 0. The number of nitrogens with one attached hydrogen (secondary N) is 1. The number of fused-ring (bicyclic) bond motifs is 1. The summed E-state index contributed by atoms with van der Waals surface area (Å²) in [7, 11) is 1.71. The maximum absolute atomic E-state index is 14.1. The summed E-state index contributed by atoms with van der Waals surface area (Å²) >= 11 is 0. The van der Waals surface area contributed by atoms with Gasteiger partial charge in [0.2, 0.25) is 0 Å². The number of hydrogen-bond donors (Lipinski definition) is 1. The molecule has 3 nitrogen and oxygen atoms in total. The molecule has 1 N–H and O–H groups in total. The molecule has 1 aliphatic rings. The average Bonchev–Trinajstić information content (AvgIpc) is 3.20. The number of methoxy groups -OCH3 is 1. The minimum absolute atomic E-state index is 0.124. The predicted molar refractivity (Wildman–Crippen MR) is 78.3 cm³/mol. The van der Waals surface area contributed by atoms with Crippen LogP contribution in [0.2, 0.25) is 0 Å². The van der Waals surface area contributed by atoms with Crippen LogP contribution in [0, 0.1) is 5.82 Å². The van der Waals surface area contributed by atoms with Crippen molar-refractivity contribution in [3.8, 4) is 0 Å². The van der Waals surface area contributed by atoms with Crippen molar-refractivity contribution in [1.82, 2.24) is 9.88 Å². The largest absolute Gasteiger partial charge is 0.385 e. The van der Waals surface area contributed by atoms with Crippen LogP contribution in [0.4, 0.5) is 4.39 Å². The molecule has 1 aliphatic carbocycles. The van der Waals surface area contributed by atoms with Gasteiger partial charge in [0.25, 0.3) is 0 Å². The van der Waals surface area contributed by atoms with Gasteiger partial charge in [0.1, 0.15) is 5.82 Å². The number of halogens is 1. The molecular weight excluding hydrogens is 255 g/mol. The molecule has 20 heavy (non-hydrogen) atoms. The van der Waals surface area contributed by atoms with Crippen LogP contribution in [0.3, 0.4) is 0 Å². The highest BCUT2D eigenvalue weighted by atomic mass is 19.1. The van der Waals surface area contributed by atoms with Crippen LogP contribution in [0.15, 0.2) is 24.4 Å². The van der Waals surface area contributed by atoms with E-state index in [4.69, 9.17) is 4.74 Å². The zero-order chi connectivity index (χ0) is 13.9. The Kier molecular flexibility index (Phi) is 4.03. The minimum atomic E-state index is -0.124. The molecule has 0 aliphatic heterocycles. The number of benzene rings is 1. The first kappa shape index (κ1) is 13.6. The van der Waals surface area contributed by atoms with E-state index in [1.807, 2.05) is 6.07 Å². The molecule has 1 aromatic carbocycles. The van der Waals surface area contributed by atoms with E-state index in [-0.39, 0.29) is 5.82 Å². The maximum atomic E-state index is 14.1. The highest BCUT2D eigenvalue weighted by Gasteiger charge is 2.21. The lowest BCUT2D eigenvalue weighted by Gasteiger charge is -2.04. The Morgan fingerprint density at radius 2 is 2.25 bits per heavy atom. The Labute approximate surface area is 118 Å². The molecule has 3 rings (SSSR count). The van der Waals surface area contributed by atoms with Crippen molar-refractivity contribution < 1.29 is 9.13 Å². The number of aromatic nitrogens is 1. The van der Waals surface area contributed by atoms with Crippen molar-refractivity contribution in [2.75, 3.05) is 13.7 Å². The summed E-state index contributed by atoms with van der Waals surface area (Å²) in [5.41, 5.74) is 2.04. The second-order valence-corrected chi connectivity index (χ2v) is 5.48. The van der Waals surface area contributed by atoms with E-state index in [0.717, 1.165) is 42.6 Å². The van der Waals surface area contributed by atoms with Crippen LogP contribution in [-0.2, 0) is 17.8 Å². The molecule has 0 atom stereocenters. The van der Waals surface area contributed by atoms with Gasteiger partial charge in [0, 0.05) is 44.4 Å². The van der Waals surface area contributed by atoms with Gasteiger partial charge in [-0.2, -0.15) is 0 Å². The van der Waals surface area contributed by atoms with E-state index in [9.17, 15) is 4.39 Å². The van der Waals surface area contributed by atoms with Crippen LogP contribution in [0.25, 0.3) is 10.9 Å². The summed E-state index contributed by atoms with van der Waals surface area (Å²) in [5.74, 6) is -0.124. The Morgan fingerprint density at radius 1 is 1.40 bits per heavy atom. The van der Waals surface area contributed by atoms with Gasteiger partial charge in [-0.25, -0.2) is 4.39 Å². The van der Waals surface area contributed by atoms with Crippen molar-refractivity contribution >= 4 is 10.9 Å². The van der Waals surface area contributed by atoms with Gasteiger partial charge >= 0.3 is 0 Å². The average molecular weight is 276 g/mol. The maximum Gasteiger partial charge on any atom is 0.132 e. The molecule has 1 saturated carbocycles. The second kappa shape index (κ2) is 5.94. The summed E-state index contributed by atoms with van der Waals surface area (Å²) in [6.07, 6.45) is 5.51. The number of rotatable bonds is 7. The second-order valence-electron chi connectivity index (χ2n) is 5.48. The fourth-order valence-corrected chi connectivity index (χ4v) is 2.63. The van der Waals surface area contributed by atoms with E-state index in [1.54, 1.807) is 19.2 Å². The lowest BCUT2D eigenvalue weighted by Crippen LogP contribution is -2.15. The van der Waals surface area contributed by atoms with E-state index in [2.05, 4.69) is 16.1 Å². The minimum Gasteiger partial charge on any atom is -0.385 e. The zero-order valence-corrected chi connectivity index (χ0v) is 11.9. The summed E-state index contributed by atoms with van der Waals surface area (Å²) in [6, 6.07) is 5.95. The molecule has 0 spiro atoms. The van der Waals surface area contributed by atoms with Crippen LogP contribution in [-0.4, -0.2) is 24.3 Å². The monoisotopic (exact) mass is 276 g/mol. The third-order valence-electron chi connectivity index (χ3n) is 3.84. The quantitative estimate of drug-likeness (QED) is 0.787. The summed E-state index contributed by atoms with van der Waals surface area (Å²) in [6.45, 7) is 2.33. The molecular formula is C16H21FN2O. The van der Waals surface area contributed by atoms with E-state index >= 15 is 0 Å². The SMILES string of the molecule is COCCCn1cc(CNC2CC2)c2c(F)cccc21. The topological polar surface area (TPSA) is 26.2 Å². The summed E-state index contributed by atoms with van der Waals surface area (Å²) < 4.78 is 21.4. The first-order valence-corrected chi connectivity index (χ1v) is 7.28. The molecule has 4 heteroatoms. The third-order valence-corrected chi connectivity index (χ3v) is 3.84. The van der Waals surface area contributed by atoms with Gasteiger partial charge in [-0.1, -0.05) is 6.07 Å². The molecule has 108 valence electrons. The van der Waals surface area contributed by atoms with Gasteiger partial charge in [0.05, 0.1) is 5.52 Å². The standard InChI is InChI=1S/C16H21FN2O/c1-20-9-3-8-19-11-12(10-18-13-6-7-13)16-14(17)4-2-5-15(16)19/h2,4-5,11,13,18H,3,6-10H2,1H3. The smallest absolute Gasteiger partial charge is 0.132 e. The lowest BCUT2D eigenvalue weighted by atomic mass is 10.1. The lowest BCUT2D eigenvalue weighted by molar-refractivity contribution is 0.190. The van der Waals surface area contributed by atoms with E-state index in [1.165, 1.54) is 12.8 Å². The first-order chi connectivity index (χ1) is 9.79. The molecule has 0 saturated heterocycles. The van der Waals surface area contributed by atoms with Crippen LogP contribution in [0.1, 0.15) is 24.8 Å². The van der Waals surface area contributed by atoms with Crippen LogP contribution >= 0.6 is 0 Å². The third kappa shape index (κ3) is 2.86. The number of hydrogen-bond acceptors (Lipinski definition) is 2. The van der Waals surface area contributed by atoms with Gasteiger partial charge in [-0.05, 0) is 37.0 Å². The van der Waals surface area contributed by atoms with Gasteiger partial charge in [0.15, 0.2) is 0 Å². The Balaban J connectivity index is 1.87. The Hall–Kier alpha value is -1.39. The Morgan fingerprint density at radius 3 is 3.00 bits per heavy atom. The number of ether oxygens (including phenoxy) is 1. The molecule has 1 heterocycles. The van der Waals surface area contributed by atoms with Gasteiger partial charge in [-0.15, -0.1) is 0 Å². The molecule has 0 radical (unpaired) electrons. The van der Waals surface area contributed by atoms with E-state index < -0.39 is 0 Å². The molecule has 1 aromatic heterocycles. The van der Waals surface area contributed by atoms with Crippen LogP contribution < -0.4 is 5.32 Å². The fraction of sp³-hybridized carbons (Fsp3) is 0.500. The highest BCUT2D eigenvalue weighted by molar-refractivity contribution is 5.84. The van der Waals surface area contributed by atoms with Crippen molar-refractivity contribution in [3.05, 3.63) is 35.8 Å². The molecule has 0 amide bonds. The van der Waals surface area contributed by atoms with Crippen molar-refractivity contribution in [2.45, 2.75) is 38.4 Å². The van der Waals surface area contributed by atoms with Crippen LogP contribution in [0.5, 0.6) is 0 Å². The Bertz CT molecular complexity index is 589. The molecule has 1 fully saturated rings. The fourth-order valence-electron chi connectivity index (χ4n) is 2.63. The molecule has 2 aromatic rings. The highest BCUT2D eigenvalue weighted by Crippen LogP contribution is 2.26. The van der Waals surface area contributed by atoms with E-state index in [0.29, 0.717) is 6.04 Å². The zero-order valence-electron chi connectivity index (χ0n) is 11.9. The van der Waals surface area contributed by atoms with Crippen molar-refractivity contribution in [1.29, 1.82) is 0 Å². The molecule has 0 bridgehead atoms.